The smallest absolute Gasteiger partial charge is 0.387 e. The summed E-state index contributed by atoms with van der Waals surface area (Å²) in [5.74, 6) is -0.531. The summed E-state index contributed by atoms with van der Waals surface area (Å²) in [6, 6.07) is 3.16. The van der Waals surface area contributed by atoms with Crippen molar-refractivity contribution in [3.05, 3.63) is 23.2 Å². The summed E-state index contributed by atoms with van der Waals surface area (Å²) in [6.07, 6.45) is 0. The second kappa shape index (κ2) is 4.30. The van der Waals surface area contributed by atoms with E-state index in [-0.39, 0.29) is 5.02 Å². The third kappa shape index (κ3) is 3.29. The Kier molecular flexibility index (Phi) is 3.48. The highest BCUT2D eigenvalue weighted by molar-refractivity contribution is 7.89. The second-order valence-electron chi connectivity index (χ2n) is 2.51. The molecular formula is C7H6ClF2NO3S. The lowest BCUT2D eigenvalue weighted by atomic mass is 10.3. The number of halogens is 3. The molecule has 0 unspecified atom stereocenters. The lowest BCUT2D eigenvalue weighted by Gasteiger charge is -2.08. The van der Waals surface area contributed by atoms with Gasteiger partial charge in [0.15, 0.2) is 0 Å². The number of rotatable bonds is 3. The van der Waals surface area contributed by atoms with E-state index in [4.69, 9.17) is 16.7 Å². The van der Waals surface area contributed by atoms with Gasteiger partial charge in [-0.05, 0) is 18.2 Å². The number of hydrogen-bond donors (Lipinski definition) is 1. The lowest BCUT2D eigenvalue weighted by Crippen LogP contribution is -2.15. The van der Waals surface area contributed by atoms with Gasteiger partial charge in [-0.15, -0.1) is 0 Å². The number of ether oxygens (including phenoxy) is 1. The highest BCUT2D eigenvalue weighted by Crippen LogP contribution is 2.27. The van der Waals surface area contributed by atoms with Crippen LogP contribution < -0.4 is 9.88 Å². The number of nitrogens with two attached hydrogens (primary N) is 1. The van der Waals surface area contributed by atoms with Crippen LogP contribution in [0.25, 0.3) is 0 Å². The molecule has 0 aliphatic heterocycles. The number of primary sulfonamides is 1. The predicted octanol–water partition coefficient (Wildman–Crippen LogP) is 1.59. The van der Waals surface area contributed by atoms with Gasteiger partial charge >= 0.3 is 6.61 Å². The van der Waals surface area contributed by atoms with Crippen LogP contribution in [0.3, 0.4) is 0 Å². The number of benzene rings is 1. The van der Waals surface area contributed by atoms with Crippen LogP contribution in [0.2, 0.25) is 5.02 Å². The zero-order valence-electron chi connectivity index (χ0n) is 7.15. The van der Waals surface area contributed by atoms with Crippen molar-refractivity contribution in [3.8, 4) is 5.75 Å². The van der Waals surface area contributed by atoms with Gasteiger partial charge in [0.2, 0.25) is 10.0 Å². The standard InChI is InChI=1S/C7H6ClF2NO3S/c8-4-1-2-5(14-7(9)10)6(3-4)15(11,12)13/h1-3,7H,(H2,11,12,13). The Hall–Kier alpha value is -0.920. The van der Waals surface area contributed by atoms with E-state index in [0.29, 0.717) is 0 Å². The quantitative estimate of drug-likeness (QED) is 0.894. The summed E-state index contributed by atoms with van der Waals surface area (Å²) >= 11 is 5.50. The minimum Gasteiger partial charge on any atom is -0.433 e. The van der Waals surface area contributed by atoms with E-state index in [1.807, 2.05) is 0 Å². The average Bonchev–Trinajstić information content (AvgIpc) is 2.05. The van der Waals surface area contributed by atoms with Crippen molar-refractivity contribution in [3.63, 3.8) is 0 Å². The molecule has 0 saturated heterocycles. The molecule has 1 aromatic rings. The Labute approximate surface area is 89.6 Å². The van der Waals surface area contributed by atoms with E-state index < -0.39 is 27.3 Å². The molecule has 15 heavy (non-hydrogen) atoms. The van der Waals surface area contributed by atoms with Crippen LogP contribution >= 0.6 is 11.6 Å². The molecule has 1 rings (SSSR count). The molecule has 0 aromatic heterocycles. The normalized spacial score (nSPS) is 11.8. The van der Waals surface area contributed by atoms with Gasteiger partial charge in [0, 0.05) is 5.02 Å². The SMILES string of the molecule is NS(=O)(=O)c1cc(Cl)ccc1OC(F)F. The summed E-state index contributed by atoms with van der Waals surface area (Å²) in [7, 11) is -4.14. The first-order chi connectivity index (χ1) is 6.80. The van der Waals surface area contributed by atoms with Crippen LogP contribution in [0.4, 0.5) is 8.78 Å². The van der Waals surface area contributed by atoms with Crippen LogP contribution in [-0.2, 0) is 10.0 Å². The van der Waals surface area contributed by atoms with E-state index in [1.54, 1.807) is 0 Å². The minimum absolute atomic E-state index is 0.0561. The summed E-state index contributed by atoms with van der Waals surface area (Å²) in [5, 5.41) is 4.85. The highest BCUT2D eigenvalue weighted by Gasteiger charge is 2.18. The van der Waals surface area contributed by atoms with Crippen molar-refractivity contribution < 1.29 is 21.9 Å². The van der Waals surface area contributed by atoms with Crippen molar-refractivity contribution in [2.24, 2.45) is 5.14 Å². The highest BCUT2D eigenvalue weighted by atomic mass is 35.5. The van der Waals surface area contributed by atoms with Crippen molar-refractivity contribution in [2.75, 3.05) is 0 Å². The third-order valence-electron chi connectivity index (χ3n) is 1.43. The van der Waals surface area contributed by atoms with Gasteiger partial charge in [0.1, 0.15) is 10.6 Å². The Morgan fingerprint density at radius 2 is 2.00 bits per heavy atom. The summed E-state index contributed by atoms with van der Waals surface area (Å²) in [5.41, 5.74) is 0. The van der Waals surface area contributed by atoms with Crippen molar-refractivity contribution in [1.29, 1.82) is 0 Å². The van der Waals surface area contributed by atoms with Gasteiger partial charge in [0.05, 0.1) is 0 Å². The van der Waals surface area contributed by atoms with Gasteiger partial charge in [0.25, 0.3) is 0 Å². The van der Waals surface area contributed by atoms with E-state index in [2.05, 4.69) is 4.74 Å². The van der Waals surface area contributed by atoms with E-state index in [1.165, 1.54) is 6.07 Å². The molecule has 0 fully saturated rings. The molecule has 0 amide bonds. The maximum absolute atomic E-state index is 11.9. The molecule has 8 heteroatoms. The largest absolute Gasteiger partial charge is 0.433 e. The second-order valence-corrected chi connectivity index (χ2v) is 4.48. The molecule has 84 valence electrons. The molecule has 0 aliphatic carbocycles. The Balaban J connectivity index is 3.27. The maximum atomic E-state index is 11.9. The van der Waals surface area contributed by atoms with Crippen LogP contribution in [0, 0.1) is 0 Å². The fourth-order valence-electron chi connectivity index (χ4n) is 0.898. The molecule has 0 spiro atoms. The van der Waals surface area contributed by atoms with Crippen molar-refractivity contribution >= 4 is 21.6 Å². The summed E-state index contributed by atoms with van der Waals surface area (Å²) in [4.78, 5) is -0.574. The van der Waals surface area contributed by atoms with Gasteiger partial charge in [-0.2, -0.15) is 8.78 Å². The average molecular weight is 258 g/mol. The Bertz CT molecular complexity index is 463. The topological polar surface area (TPSA) is 69.4 Å². The van der Waals surface area contributed by atoms with Crippen molar-refractivity contribution in [1.82, 2.24) is 0 Å². The first kappa shape index (κ1) is 12.2. The maximum Gasteiger partial charge on any atom is 0.387 e. The summed E-state index contributed by atoms with van der Waals surface area (Å²) < 4.78 is 49.7. The van der Waals surface area contributed by atoms with E-state index >= 15 is 0 Å². The molecule has 0 aliphatic rings. The van der Waals surface area contributed by atoms with Gasteiger partial charge < -0.3 is 4.74 Å². The molecular weight excluding hydrogens is 252 g/mol. The van der Waals surface area contributed by atoms with E-state index in [0.717, 1.165) is 12.1 Å². The molecule has 0 atom stereocenters. The zero-order valence-corrected chi connectivity index (χ0v) is 8.73. The van der Waals surface area contributed by atoms with E-state index in [9.17, 15) is 17.2 Å². The predicted molar refractivity (Wildman–Crippen MR) is 49.5 cm³/mol. The number of alkyl halides is 2. The molecule has 0 radical (unpaired) electrons. The molecule has 0 saturated carbocycles. The lowest BCUT2D eigenvalue weighted by molar-refractivity contribution is -0.0517. The Morgan fingerprint density at radius 1 is 1.40 bits per heavy atom. The zero-order chi connectivity index (χ0) is 11.6. The molecule has 1 aromatic carbocycles. The molecule has 4 nitrogen and oxygen atoms in total. The molecule has 2 N–H and O–H groups in total. The molecule has 0 bridgehead atoms. The number of hydrogen-bond acceptors (Lipinski definition) is 3. The van der Waals surface area contributed by atoms with Gasteiger partial charge in [-0.25, -0.2) is 13.6 Å². The fraction of sp³-hybridized carbons (Fsp3) is 0.143. The first-order valence-corrected chi connectivity index (χ1v) is 5.50. The van der Waals surface area contributed by atoms with Crippen LogP contribution in [0.1, 0.15) is 0 Å². The minimum atomic E-state index is -4.14. The van der Waals surface area contributed by atoms with Crippen LogP contribution in [0.5, 0.6) is 5.75 Å². The fourth-order valence-corrected chi connectivity index (χ4v) is 1.82. The van der Waals surface area contributed by atoms with Gasteiger partial charge in [-0.3, -0.25) is 0 Å². The van der Waals surface area contributed by atoms with Crippen LogP contribution in [0.15, 0.2) is 23.1 Å². The molecule has 0 heterocycles. The van der Waals surface area contributed by atoms with Crippen molar-refractivity contribution in [2.45, 2.75) is 11.5 Å². The monoisotopic (exact) mass is 257 g/mol. The third-order valence-corrected chi connectivity index (χ3v) is 2.60. The summed E-state index contributed by atoms with van der Waals surface area (Å²) in [6.45, 7) is -3.13. The van der Waals surface area contributed by atoms with Crippen LogP contribution in [-0.4, -0.2) is 15.0 Å². The van der Waals surface area contributed by atoms with Gasteiger partial charge in [-0.1, -0.05) is 11.6 Å². The first-order valence-electron chi connectivity index (χ1n) is 3.58. The number of sulfonamides is 1. The Morgan fingerprint density at radius 3 is 2.47 bits per heavy atom.